The number of thiocarbonyl (C=S) groups is 1. The molecule has 0 aliphatic carbocycles. The lowest BCUT2D eigenvalue weighted by Crippen LogP contribution is -2.30. The molecule has 1 aliphatic rings. The number of methoxy groups -OCH3 is 1. The van der Waals surface area contributed by atoms with Crippen molar-refractivity contribution in [3.05, 3.63) is 65.4 Å². The van der Waals surface area contributed by atoms with E-state index in [9.17, 15) is 4.79 Å². The minimum Gasteiger partial charge on any atom is -0.497 e. The average molecular weight is 324 g/mol. The molecule has 3 rings (SSSR count). The highest BCUT2D eigenvalue weighted by atomic mass is 32.1. The lowest BCUT2D eigenvalue weighted by atomic mass is 10.1. The molecule has 0 unspecified atom stereocenters. The largest absolute Gasteiger partial charge is 0.497 e. The smallest absolute Gasteiger partial charge is 0.281 e. The predicted octanol–water partition coefficient (Wildman–Crippen LogP) is 3.27. The van der Waals surface area contributed by atoms with Crippen LogP contribution in [-0.2, 0) is 4.79 Å². The summed E-state index contributed by atoms with van der Waals surface area (Å²) in [5.41, 5.74) is 3.25. The highest BCUT2D eigenvalue weighted by Gasteiger charge is 2.31. The summed E-state index contributed by atoms with van der Waals surface area (Å²) in [6, 6.07) is 15.2. The van der Waals surface area contributed by atoms with E-state index in [4.69, 9.17) is 17.0 Å². The zero-order valence-corrected chi connectivity index (χ0v) is 13.7. The molecule has 0 bridgehead atoms. The SMILES string of the molecule is COc1ccc(/C=C2/NC(=S)N(c3ccc(C)cc3)C2=O)cc1. The summed E-state index contributed by atoms with van der Waals surface area (Å²) in [6.45, 7) is 2.00. The molecular weight excluding hydrogens is 308 g/mol. The van der Waals surface area contributed by atoms with E-state index in [2.05, 4.69) is 5.32 Å². The van der Waals surface area contributed by atoms with Crippen molar-refractivity contribution in [2.24, 2.45) is 0 Å². The molecule has 1 saturated heterocycles. The number of nitrogens with zero attached hydrogens (tertiary/aromatic N) is 1. The van der Waals surface area contributed by atoms with Gasteiger partial charge in [-0.2, -0.15) is 0 Å². The molecule has 23 heavy (non-hydrogen) atoms. The summed E-state index contributed by atoms with van der Waals surface area (Å²) in [7, 11) is 1.62. The molecule has 0 saturated carbocycles. The van der Waals surface area contributed by atoms with Crippen molar-refractivity contribution >= 4 is 35.0 Å². The number of nitrogens with one attached hydrogen (secondary N) is 1. The van der Waals surface area contributed by atoms with Gasteiger partial charge in [0.25, 0.3) is 5.91 Å². The number of amides is 1. The van der Waals surface area contributed by atoms with Crippen molar-refractivity contribution in [2.45, 2.75) is 6.92 Å². The van der Waals surface area contributed by atoms with Gasteiger partial charge in [0.05, 0.1) is 12.8 Å². The molecule has 5 heteroatoms. The minimum absolute atomic E-state index is 0.158. The Morgan fingerprint density at radius 2 is 1.74 bits per heavy atom. The second-order valence-electron chi connectivity index (χ2n) is 5.24. The van der Waals surface area contributed by atoms with Crippen LogP contribution in [0.25, 0.3) is 6.08 Å². The molecular formula is C18H16N2O2S. The van der Waals surface area contributed by atoms with Gasteiger partial charge in [0.2, 0.25) is 0 Å². The van der Waals surface area contributed by atoms with E-state index in [1.165, 1.54) is 4.90 Å². The number of ether oxygens (including phenoxy) is 1. The predicted molar refractivity (Wildman–Crippen MR) is 95.4 cm³/mol. The van der Waals surface area contributed by atoms with Crippen molar-refractivity contribution in [3.63, 3.8) is 0 Å². The van der Waals surface area contributed by atoms with Gasteiger partial charge >= 0.3 is 0 Å². The van der Waals surface area contributed by atoms with Gasteiger partial charge in [0, 0.05) is 0 Å². The fourth-order valence-electron chi connectivity index (χ4n) is 2.33. The third-order valence-electron chi connectivity index (χ3n) is 3.60. The Morgan fingerprint density at radius 3 is 2.35 bits per heavy atom. The number of hydrogen-bond donors (Lipinski definition) is 1. The van der Waals surface area contributed by atoms with Gasteiger partial charge in [0.1, 0.15) is 11.4 Å². The quantitative estimate of drug-likeness (QED) is 0.695. The molecule has 2 aromatic rings. The summed E-state index contributed by atoms with van der Waals surface area (Å²) in [5.74, 6) is 0.615. The number of rotatable bonds is 3. The molecule has 1 heterocycles. The van der Waals surface area contributed by atoms with Crippen LogP contribution in [0.2, 0.25) is 0 Å². The molecule has 0 radical (unpaired) electrons. The summed E-state index contributed by atoms with van der Waals surface area (Å²) in [5, 5.41) is 3.37. The van der Waals surface area contributed by atoms with Crippen molar-refractivity contribution in [1.29, 1.82) is 0 Å². The zero-order valence-electron chi connectivity index (χ0n) is 12.9. The van der Waals surface area contributed by atoms with Gasteiger partial charge in [-0.3, -0.25) is 9.69 Å². The first-order valence-electron chi connectivity index (χ1n) is 7.16. The second kappa shape index (κ2) is 6.22. The van der Waals surface area contributed by atoms with E-state index in [0.717, 1.165) is 22.6 Å². The Morgan fingerprint density at radius 1 is 1.09 bits per heavy atom. The number of hydrogen-bond acceptors (Lipinski definition) is 3. The summed E-state index contributed by atoms with van der Waals surface area (Å²) < 4.78 is 5.13. The maximum Gasteiger partial charge on any atom is 0.281 e. The molecule has 1 aliphatic heterocycles. The summed E-state index contributed by atoms with van der Waals surface area (Å²) in [6.07, 6.45) is 1.78. The molecule has 0 atom stereocenters. The molecule has 1 N–H and O–H groups in total. The highest BCUT2D eigenvalue weighted by Crippen LogP contribution is 2.23. The zero-order chi connectivity index (χ0) is 16.4. The third kappa shape index (κ3) is 3.10. The van der Waals surface area contributed by atoms with Crippen molar-refractivity contribution in [2.75, 3.05) is 12.0 Å². The standard InChI is InChI=1S/C18H16N2O2S/c1-12-3-7-14(8-4-12)20-17(21)16(19-18(20)23)11-13-5-9-15(22-2)10-6-13/h3-11H,1-2H3,(H,19,23)/b16-11+. The Kier molecular flexibility index (Phi) is 4.12. The fraction of sp³-hybridized carbons (Fsp3) is 0.111. The van der Waals surface area contributed by atoms with E-state index in [-0.39, 0.29) is 5.91 Å². The number of carbonyl (C=O) groups excluding carboxylic acids is 1. The normalized spacial score (nSPS) is 15.9. The van der Waals surface area contributed by atoms with E-state index in [1.807, 2.05) is 55.5 Å². The molecule has 0 aromatic heterocycles. The van der Waals surface area contributed by atoms with Crippen LogP contribution in [0.5, 0.6) is 5.75 Å². The first-order chi connectivity index (χ1) is 11.1. The first-order valence-corrected chi connectivity index (χ1v) is 7.57. The van der Waals surface area contributed by atoms with Crippen molar-refractivity contribution < 1.29 is 9.53 Å². The topological polar surface area (TPSA) is 41.6 Å². The Hall–Kier alpha value is -2.66. The van der Waals surface area contributed by atoms with E-state index in [1.54, 1.807) is 13.2 Å². The van der Waals surface area contributed by atoms with Crippen LogP contribution in [0.3, 0.4) is 0 Å². The van der Waals surface area contributed by atoms with Gasteiger partial charge < -0.3 is 10.1 Å². The Bertz CT molecular complexity index is 780. The van der Waals surface area contributed by atoms with E-state index >= 15 is 0 Å². The van der Waals surface area contributed by atoms with Crippen LogP contribution in [0, 0.1) is 6.92 Å². The Balaban J connectivity index is 1.88. The van der Waals surface area contributed by atoms with Crippen molar-refractivity contribution in [3.8, 4) is 5.75 Å². The van der Waals surface area contributed by atoms with E-state index < -0.39 is 0 Å². The monoisotopic (exact) mass is 324 g/mol. The first kappa shape index (κ1) is 15.2. The fourth-order valence-corrected chi connectivity index (χ4v) is 2.63. The highest BCUT2D eigenvalue weighted by molar-refractivity contribution is 7.80. The molecule has 1 amide bonds. The lowest BCUT2D eigenvalue weighted by Gasteiger charge is -2.13. The number of aryl methyl sites for hydroxylation is 1. The third-order valence-corrected chi connectivity index (χ3v) is 3.88. The number of benzene rings is 2. The van der Waals surface area contributed by atoms with Crippen LogP contribution < -0.4 is 15.0 Å². The van der Waals surface area contributed by atoms with Gasteiger partial charge in [-0.25, -0.2) is 0 Å². The van der Waals surface area contributed by atoms with Gasteiger partial charge in [-0.1, -0.05) is 29.8 Å². The van der Waals surface area contributed by atoms with Crippen LogP contribution in [0.1, 0.15) is 11.1 Å². The van der Waals surface area contributed by atoms with Gasteiger partial charge in [0.15, 0.2) is 5.11 Å². The van der Waals surface area contributed by atoms with Crippen LogP contribution in [0.15, 0.2) is 54.2 Å². The summed E-state index contributed by atoms with van der Waals surface area (Å²) in [4.78, 5) is 14.1. The average Bonchev–Trinajstić information content (AvgIpc) is 2.83. The van der Waals surface area contributed by atoms with Crippen LogP contribution in [0.4, 0.5) is 5.69 Å². The maximum absolute atomic E-state index is 12.6. The van der Waals surface area contributed by atoms with Crippen LogP contribution >= 0.6 is 12.2 Å². The number of carbonyl (C=O) groups is 1. The minimum atomic E-state index is -0.158. The van der Waals surface area contributed by atoms with Gasteiger partial charge in [-0.05, 0) is 55.0 Å². The molecule has 1 fully saturated rings. The molecule has 0 spiro atoms. The lowest BCUT2D eigenvalue weighted by molar-refractivity contribution is -0.113. The second-order valence-corrected chi connectivity index (χ2v) is 5.62. The number of anilines is 1. The van der Waals surface area contributed by atoms with Gasteiger partial charge in [-0.15, -0.1) is 0 Å². The maximum atomic E-state index is 12.6. The molecule has 116 valence electrons. The van der Waals surface area contributed by atoms with E-state index in [0.29, 0.717) is 10.8 Å². The molecule has 2 aromatic carbocycles. The van der Waals surface area contributed by atoms with Crippen molar-refractivity contribution in [1.82, 2.24) is 5.32 Å². The van der Waals surface area contributed by atoms with Crippen LogP contribution in [-0.4, -0.2) is 18.1 Å². The Labute approximate surface area is 140 Å². The summed E-state index contributed by atoms with van der Waals surface area (Å²) >= 11 is 5.30. The molecule has 4 nitrogen and oxygen atoms in total.